The highest BCUT2D eigenvalue weighted by molar-refractivity contribution is 6.60. The van der Waals surface area contributed by atoms with Crippen molar-refractivity contribution in [2.45, 2.75) is 57.8 Å². The summed E-state index contributed by atoms with van der Waals surface area (Å²) in [5.41, 5.74) is 5.64. The second kappa shape index (κ2) is 5.81. The first kappa shape index (κ1) is 16.0. The molecule has 1 atom stereocenters. The van der Waals surface area contributed by atoms with E-state index in [4.69, 9.17) is 15.0 Å². The Morgan fingerprint density at radius 1 is 1.38 bits per heavy atom. The lowest BCUT2D eigenvalue weighted by atomic mass is 9.79. The topological polar surface area (TPSA) is 87.6 Å². The van der Waals surface area contributed by atoms with Crippen molar-refractivity contribution < 1.29 is 19.1 Å². The van der Waals surface area contributed by atoms with Crippen LogP contribution in [-0.2, 0) is 14.1 Å². The number of carbonyl (C=O) groups is 1. The zero-order valence-electron chi connectivity index (χ0n) is 13.2. The molecule has 0 radical (unpaired) electrons. The first-order valence-corrected chi connectivity index (χ1v) is 7.38. The van der Waals surface area contributed by atoms with Crippen LogP contribution in [0.15, 0.2) is 11.7 Å². The number of hydrogen-bond acceptors (Lipinski definition) is 4. The summed E-state index contributed by atoms with van der Waals surface area (Å²) in [4.78, 5) is 14.6. The Morgan fingerprint density at radius 3 is 2.52 bits per heavy atom. The maximum atomic E-state index is 11.4. The number of amides is 1. The molecule has 2 fully saturated rings. The fourth-order valence-electron chi connectivity index (χ4n) is 2.31. The van der Waals surface area contributed by atoms with Gasteiger partial charge < -0.3 is 20.4 Å². The number of nitrogens with one attached hydrogen (secondary N) is 2. The zero-order chi connectivity index (χ0) is 15.7. The normalized spacial score (nSPS) is 29.0. The van der Waals surface area contributed by atoms with Gasteiger partial charge in [-0.15, -0.1) is 0 Å². The van der Waals surface area contributed by atoms with E-state index in [1.165, 1.54) is 6.20 Å². The molecule has 6 nitrogen and oxygen atoms in total. The van der Waals surface area contributed by atoms with Gasteiger partial charge in [0.15, 0.2) is 12.3 Å². The zero-order valence-corrected chi connectivity index (χ0v) is 13.2. The number of hydrogen-bond donors (Lipinski definition) is 3. The van der Waals surface area contributed by atoms with Gasteiger partial charge in [-0.05, 0) is 33.9 Å². The molecule has 2 heterocycles. The molecular formula is C14H25BN3O3+. The van der Waals surface area contributed by atoms with Crippen molar-refractivity contribution in [1.82, 2.24) is 5.32 Å². The molecule has 0 aromatic carbocycles. The molecule has 1 amide bonds. The van der Waals surface area contributed by atoms with Crippen LogP contribution in [0.1, 0.15) is 40.5 Å². The number of rotatable bonds is 3. The van der Waals surface area contributed by atoms with E-state index in [0.29, 0.717) is 13.0 Å². The van der Waals surface area contributed by atoms with E-state index in [9.17, 15) is 4.79 Å². The van der Waals surface area contributed by atoms with Crippen LogP contribution in [0, 0.1) is 0 Å². The lowest BCUT2D eigenvalue weighted by Gasteiger charge is -2.32. The number of piperidine rings is 1. The van der Waals surface area contributed by atoms with Crippen molar-refractivity contribution in [1.29, 1.82) is 0 Å². The summed E-state index contributed by atoms with van der Waals surface area (Å²) in [5.74, 6) is 0.0704. The molecule has 0 saturated carbocycles. The monoisotopic (exact) mass is 294 g/mol. The lowest BCUT2D eigenvalue weighted by molar-refractivity contribution is -0.498. The van der Waals surface area contributed by atoms with E-state index in [2.05, 4.69) is 10.3 Å². The average molecular weight is 294 g/mol. The van der Waals surface area contributed by atoms with Crippen molar-refractivity contribution >= 4 is 19.2 Å². The summed E-state index contributed by atoms with van der Waals surface area (Å²) in [7, 11) is -0.495. The third-order valence-corrected chi connectivity index (χ3v) is 4.45. The molecule has 0 aromatic rings. The van der Waals surface area contributed by atoms with Crippen molar-refractivity contribution in [3.05, 3.63) is 11.7 Å². The molecule has 2 aliphatic heterocycles. The third kappa shape index (κ3) is 3.47. The summed E-state index contributed by atoms with van der Waals surface area (Å²) < 4.78 is 11.9. The Hall–Kier alpha value is -1.34. The SMILES string of the molecule is CC1(C)OB(C(C=[NH+][C@@H]2CCNC(=O)C2)=CN)OC1(C)C. The standard InChI is InChI=1S/C14H24BN3O3/c1-13(2)14(3,4)21-15(20-13)10(8-16)9-18-11-5-6-17-12(19)7-11/h8-9,11H,5-7,16H2,1-4H3,(H,17,19)/p+1/t11-/m1/s1. The van der Waals surface area contributed by atoms with Gasteiger partial charge in [0.1, 0.15) is 0 Å². The van der Waals surface area contributed by atoms with Gasteiger partial charge in [0.2, 0.25) is 5.91 Å². The molecule has 116 valence electrons. The van der Waals surface area contributed by atoms with Crippen molar-refractivity contribution in [3.8, 4) is 0 Å². The number of carbonyl (C=O) groups excluding carboxylic acids is 1. The largest absolute Gasteiger partial charge is 0.502 e. The van der Waals surface area contributed by atoms with Gasteiger partial charge in [-0.3, -0.25) is 4.79 Å². The van der Waals surface area contributed by atoms with Gasteiger partial charge in [0, 0.05) is 13.0 Å². The second-order valence-corrected chi connectivity index (χ2v) is 6.61. The molecule has 0 aromatic heterocycles. The van der Waals surface area contributed by atoms with Crippen LogP contribution in [0.3, 0.4) is 0 Å². The van der Waals surface area contributed by atoms with E-state index in [0.717, 1.165) is 11.9 Å². The maximum Gasteiger partial charge on any atom is 0.502 e. The number of allylic oxidation sites excluding steroid dienone is 1. The van der Waals surface area contributed by atoms with Gasteiger partial charge in [-0.2, -0.15) is 0 Å². The van der Waals surface area contributed by atoms with Crippen LogP contribution in [0.4, 0.5) is 0 Å². The highest BCUT2D eigenvalue weighted by atomic mass is 16.7. The van der Waals surface area contributed by atoms with Crippen LogP contribution in [0.25, 0.3) is 0 Å². The van der Waals surface area contributed by atoms with E-state index < -0.39 is 18.3 Å². The van der Waals surface area contributed by atoms with Crippen LogP contribution in [0.5, 0.6) is 0 Å². The van der Waals surface area contributed by atoms with Crippen LogP contribution in [0.2, 0.25) is 0 Å². The fraction of sp³-hybridized carbons (Fsp3) is 0.714. The Bertz CT molecular complexity index is 458. The van der Waals surface area contributed by atoms with Crippen LogP contribution >= 0.6 is 0 Å². The maximum absolute atomic E-state index is 11.4. The average Bonchev–Trinajstić information content (AvgIpc) is 2.59. The minimum absolute atomic E-state index is 0.0704. The highest BCUT2D eigenvalue weighted by Crippen LogP contribution is 2.37. The number of nitrogens with two attached hydrogens (primary N) is 1. The molecule has 2 aliphatic rings. The minimum Gasteiger partial charge on any atom is -0.405 e. The summed E-state index contributed by atoms with van der Waals surface area (Å²) in [6.45, 7) is 8.70. The summed E-state index contributed by atoms with van der Waals surface area (Å²) in [6.07, 6.45) is 4.64. The van der Waals surface area contributed by atoms with E-state index in [1.54, 1.807) is 6.21 Å². The molecule has 0 aliphatic carbocycles. The molecule has 2 rings (SSSR count). The molecule has 0 bridgehead atoms. The molecule has 7 heteroatoms. The molecule has 0 unspecified atom stereocenters. The molecule has 2 saturated heterocycles. The second-order valence-electron chi connectivity index (χ2n) is 6.61. The Morgan fingerprint density at radius 2 is 2.00 bits per heavy atom. The summed E-state index contributed by atoms with van der Waals surface area (Å²) in [6, 6.07) is 0.121. The minimum atomic E-state index is -0.495. The van der Waals surface area contributed by atoms with Gasteiger partial charge in [0.25, 0.3) is 0 Å². The lowest BCUT2D eigenvalue weighted by Crippen LogP contribution is -2.79. The third-order valence-electron chi connectivity index (χ3n) is 4.45. The summed E-state index contributed by atoms with van der Waals surface area (Å²) in [5, 5.41) is 2.81. The van der Waals surface area contributed by atoms with Gasteiger partial charge in [-0.1, -0.05) is 0 Å². The van der Waals surface area contributed by atoms with Crippen LogP contribution < -0.4 is 16.0 Å². The van der Waals surface area contributed by atoms with Crippen molar-refractivity contribution in [3.63, 3.8) is 0 Å². The first-order valence-electron chi connectivity index (χ1n) is 7.38. The predicted octanol–water partition coefficient (Wildman–Crippen LogP) is -1.11. The fourth-order valence-corrected chi connectivity index (χ4v) is 2.31. The van der Waals surface area contributed by atoms with Gasteiger partial charge >= 0.3 is 7.12 Å². The first-order chi connectivity index (χ1) is 9.75. The molecular weight excluding hydrogens is 269 g/mol. The van der Waals surface area contributed by atoms with E-state index in [1.807, 2.05) is 27.7 Å². The van der Waals surface area contributed by atoms with E-state index >= 15 is 0 Å². The van der Waals surface area contributed by atoms with Gasteiger partial charge in [0.05, 0.1) is 23.1 Å². The van der Waals surface area contributed by atoms with Crippen molar-refractivity contribution in [2.75, 3.05) is 6.54 Å². The Balaban J connectivity index is 2.03. The Kier molecular flexibility index (Phi) is 4.44. The predicted molar refractivity (Wildman–Crippen MR) is 81.4 cm³/mol. The smallest absolute Gasteiger partial charge is 0.405 e. The summed E-state index contributed by atoms with van der Waals surface area (Å²) >= 11 is 0. The van der Waals surface area contributed by atoms with Crippen LogP contribution in [-0.4, -0.2) is 43.0 Å². The molecule has 4 N–H and O–H groups in total. The molecule has 21 heavy (non-hydrogen) atoms. The highest BCUT2D eigenvalue weighted by Gasteiger charge is 2.52. The van der Waals surface area contributed by atoms with E-state index in [-0.39, 0.29) is 11.9 Å². The quantitative estimate of drug-likeness (QED) is 0.455. The van der Waals surface area contributed by atoms with Gasteiger partial charge in [-0.25, -0.2) is 4.99 Å². The molecule has 0 spiro atoms. The Labute approximate surface area is 126 Å². The van der Waals surface area contributed by atoms with Crippen molar-refractivity contribution in [2.24, 2.45) is 5.73 Å².